The number of carbonyl (C=O) groups is 2. The lowest BCUT2D eigenvalue weighted by molar-refractivity contribution is -0.139. The molecule has 1 fully saturated rings. The summed E-state index contributed by atoms with van der Waals surface area (Å²) in [6.07, 6.45) is 6.39. The molecule has 1 saturated carbocycles. The Labute approximate surface area is 169 Å². The number of phenolic OH excluding ortho intramolecular Hbond substituents is 1. The van der Waals surface area contributed by atoms with E-state index in [2.05, 4.69) is 6.58 Å². The number of aliphatic carboxylic acids is 1. The van der Waals surface area contributed by atoms with Crippen LogP contribution in [0.1, 0.15) is 78.1 Å². The average molecular weight is 402 g/mol. The summed E-state index contributed by atoms with van der Waals surface area (Å²) in [6, 6.07) is 0. The molecule has 1 unspecified atom stereocenters. The number of fused-ring (bicyclic) bond motifs is 1. The first kappa shape index (κ1) is 21.1. The quantitative estimate of drug-likeness (QED) is 0.503. The lowest BCUT2D eigenvalue weighted by Crippen LogP contribution is -2.29. The maximum absolute atomic E-state index is 14.3. The van der Waals surface area contributed by atoms with Crippen molar-refractivity contribution in [2.24, 2.45) is 5.41 Å². The predicted molar refractivity (Wildman–Crippen MR) is 107 cm³/mol. The Kier molecular flexibility index (Phi) is 5.82. The molecule has 1 atom stereocenters. The molecule has 6 heteroatoms. The highest BCUT2D eigenvalue weighted by Gasteiger charge is 2.37. The second kappa shape index (κ2) is 8.01. The van der Waals surface area contributed by atoms with Crippen molar-refractivity contribution >= 4 is 17.8 Å². The number of carboxylic acid groups (broad SMARTS) is 1. The van der Waals surface area contributed by atoms with Gasteiger partial charge in [-0.15, -0.1) is 0 Å². The molecule has 5 nitrogen and oxygen atoms in total. The summed E-state index contributed by atoms with van der Waals surface area (Å²) < 4.78 is 19.4. The number of carboxylic acids is 1. The van der Waals surface area contributed by atoms with E-state index in [0.717, 1.165) is 31.3 Å². The summed E-state index contributed by atoms with van der Waals surface area (Å²) in [4.78, 5) is 23.5. The molecular formula is C23H27FO5. The van der Waals surface area contributed by atoms with Crippen LogP contribution in [0.15, 0.2) is 18.2 Å². The monoisotopic (exact) mass is 402 g/mol. The van der Waals surface area contributed by atoms with E-state index in [1.165, 1.54) is 0 Å². The fraction of sp³-hybridized carbons (Fsp3) is 0.478. The van der Waals surface area contributed by atoms with Crippen LogP contribution in [0.25, 0.3) is 5.83 Å². The van der Waals surface area contributed by atoms with E-state index in [4.69, 9.17) is 4.74 Å². The fourth-order valence-electron chi connectivity index (χ4n) is 4.92. The van der Waals surface area contributed by atoms with Gasteiger partial charge in [-0.3, -0.25) is 4.79 Å². The number of esters is 1. The van der Waals surface area contributed by atoms with E-state index in [9.17, 15) is 24.2 Å². The molecule has 2 N–H and O–H groups in total. The van der Waals surface area contributed by atoms with Crippen LogP contribution in [0, 0.1) is 12.3 Å². The molecule has 0 spiro atoms. The number of phenols is 1. The molecule has 156 valence electrons. The number of benzene rings is 1. The summed E-state index contributed by atoms with van der Waals surface area (Å²) in [5, 5.41) is 20.2. The van der Waals surface area contributed by atoms with E-state index in [-0.39, 0.29) is 36.3 Å². The van der Waals surface area contributed by atoms with E-state index in [1.54, 1.807) is 6.92 Å². The Bertz CT molecular complexity index is 915. The zero-order valence-corrected chi connectivity index (χ0v) is 16.9. The molecule has 2 aliphatic rings. The third-order valence-electron chi connectivity index (χ3n) is 6.53. The van der Waals surface area contributed by atoms with Gasteiger partial charge in [-0.2, -0.15) is 0 Å². The summed E-state index contributed by atoms with van der Waals surface area (Å²) >= 11 is 0. The van der Waals surface area contributed by atoms with E-state index < -0.39 is 23.2 Å². The van der Waals surface area contributed by atoms with Crippen molar-refractivity contribution in [3.63, 3.8) is 0 Å². The predicted octanol–water partition coefficient (Wildman–Crippen LogP) is 5.23. The number of hydrogen-bond donors (Lipinski definition) is 2. The van der Waals surface area contributed by atoms with Gasteiger partial charge in [0.2, 0.25) is 0 Å². The minimum absolute atomic E-state index is 0.00671. The summed E-state index contributed by atoms with van der Waals surface area (Å²) in [5.74, 6) is -2.40. The van der Waals surface area contributed by atoms with Gasteiger partial charge in [0.05, 0.1) is 6.42 Å². The zero-order chi connectivity index (χ0) is 21.3. The van der Waals surface area contributed by atoms with Crippen LogP contribution in [-0.4, -0.2) is 22.2 Å². The number of halogens is 1. The van der Waals surface area contributed by atoms with E-state index in [1.807, 2.05) is 13.0 Å². The molecule has 0 aromatic heterocycles. The van der Waals surface area contributed by atoms with Crippen LogP contribution < -0.4 is 0 Å². The highest BCUT2D eigenvalue weighted by atomic mass is 19.1. The molecule has 1 aromatic carbocycles. The molecule has 0 amide bonds. The van der Waals surface area contributed by atoms with Gasteiger partial charge in [-0.25, -0.2) is 9.18 Å². The normalized spacial score (nSPS) is 22.4. The summed E-state index contributed by atoms with van der Waals surface area (Å²) in [6.45, 7) is 7.10. The molecule has 1 aromatic rings. The van der Waals surface area contributed by atoms with Crippen LogP contribution in [0.4, 0.5) is 4.39 Å². The molecule has 0 radical (unpaired) electrons. The minimum Gasteiger partial charge on any atom is -0.507 e. The standard InChI is InChI=1S/C23H27FO5/c1-4-23(11-18(25)26)10-6-5-7-15(23)8-9-16-19(14(3)24)13(2)17-12-29-22(28)20(17)21(16)27/h8,27H,3-7,9-12H2,1-2H3,(H,25,26). The SMILES string of the molecule is C=C(F)c1c(C)c2c(c(O)c1CC=C1CCCCC1(CC)CC(=O)O)C(=O)OC2. The number of carbonyl (C=O) groups excluding carboxylic acids is 1. The number of ether oxygens (including phenoxy) is 1. The van der Waals surface area contributed by atoms with E-state index >= 15 is 0 Å². The smallest absolute Gasteiger partial charge is 0.342 e. The Morgan fingerprint density at radius 2 is 2.10 bits per heavy atom. The van der Waals surface area contributed by atoms with Gasteiger partial charge in [0.15, 0.2) is 0 Å². The van der Waals surface area contributed by atoms with E-state index in [0.29, 0.717) is 23.1 Å². The van der Waals surface area contributed by atoms with Crippen LogP contribution in [0.2, 0.25) is 0 Å². The third kappa shape index (κ3) is 3.68. The largest absolute Gasteiger partial charge is 0.507 e. The number of rotatable bonds is 6. The first-order chi connectivity index (χ1) is 13.7. The number of hydrogen-bond acceptors (Lipinski definition) is 4. The summed E-state index contributed by atoms with van der Waals surface area (Å²) in [5.41, 5.74) is 2.24. The van der Waals surface area contributed by atoms with Gasteiger partial charge in [0.1, 0.15) is 23.7 Å². The Morgan fingerprint density at radius 3 is 2.72 bits per heavy atom. The third-order valence-corrected chi connectivity index (χ3v) is 6.53. The Hall–Kier alpha value is -2.63. The molecular weight excluding hydrogens is 375 g/mol. The van der Waals surface area contributed by atoms with Crippen molar-refractivity contribution in [3.8, 4) is 5.75 Å². The Morgan fingerprint density at radius 1 is 1.38 bits per heavy atom. The topological polar surface area (TPSA) is 83.8 Å². The second-order valence-electron chi connectivity index (χ2n) is 8.01. The van der Waals surface area contributed by atoms with Gasteiger partial charge >= 0.3 is 11.9 Å². The van der Waals surface area contributed by atoms with Crippen molar-refractivity contribution < 1.29 is 28.9 Å². The maximum Gasteiger partial charge on any atom is 0.342 e. The molecule has 1 aliphatic heterocycles. The maximum atomic E-state index is 14.3. The zero-order valence-electron chi connectivity index (χ0n) is 16.9. The first-order valence-electron chi connectivity index (χ1n) is 10.0. The van der Waals surface area contributed by atoms with Gasteiger partial charge < -0.3 is 14.9 Å². The Balaban J connectivity index is 2.09. The number of cyclic esters (lactones) is 1. The summed E-state index contributed by atoms with van der Waals surface area (Å²) in [7, 11) is 0. The molecule has 0 bridgehead atoms. The van der Waals surface area contributed by atoms with Crippen LogP contribution >= 0.6 is 0 Å². The van der Waals surface area contributed by atoms with Crippen molar-refractivity contribution in [2.75, 3.05) is 0 Å². The van der Waals surface area contributed by atoms with Crippen molar-refractivity contribution in [1.29, 1.82) is 0 Å². The first-order valence-corrected chi connectivity index (χ1v) is 10.0. The molecule has 1 aliphatic carbocycles. The molecule has 0 saturated heterocycles. The van der Waals surface area contributed by atoms with Gasteiger partial charge in [0.25, 0.3) is 0 Å². The van der Waals surface area contributed by atoms with Crippen molar-refractivity contribution in [2.45, 2.75) is 65.4 Å². The van der Waals surface area contributed by atoms with Crippen molar-refractivity contribution in [1.82, 2.24) is 0 Å². The van der Waals surface area contributed by atoms with Gasteiger partial charge in [0, 0.05) is 22.1 Å². The molecule has 1 heterocycles. The lowest BCUT2D eigenvalue weighted by atomic mass is 9.66. The molecule has 3 rings (SSSR count). The highest BCUT2D eigenvalue weighted by Crippen LogP contribution is 2.47. The van der Waals surface area contributed by atoms with Crippen LogP contribution in [-0.2, 0) is 22.6 Å². The van der Waals surface area contributed by atoms with Crippen molar-refractivity contribution in [3.05, 3.63) is 46.0 Å². The molecule has 29 heavy (non-hydrogen) atoms. The number of allylic oxidation sites excluding steroid dienone is 2. The minimum atomic E-state index is -0.837. The van der Waals surface area contributed by atoms with Gasteiger partial charge in [-0.05, 0) is 44.6 Å². The fourth-order valence-corrected chi connectivity index (χ4v) is 4.92. The average Bonchev–Trinajstić information content (AvgIpc) is 3.05. The van der Waals surface area contributed by atoms with Gasteiger partial charge in [-0.1, -0.05) is 31.6 Å². The van der Waals surface area contributed by atoms with Crippen LogP contribution in [0.5, 0.6) is 5.75 Å². The highest BCUT2D eigenvalue weighted by molar-refractivity contribution is 5.98. The second-order valence-corrected chi connectivity index (χ2v) is 8.01. The number of aromatic hydroxyl groups is 1. The lowest BCUT2D eigenvalue weighted by Gasteiger charge is -2.38. The van der Waals surface area contributed by atoms with Crippen LogP contribution in [0.3, 0.4) is 0 Å².